The Morgan fingerprint density at radius 2 is 1.58 bits per heavy atom. The summed E-state index contributed by atoms with van der Waals surface area (Å²) in [5.74, 6) is -0.209. The van der Waals surface area contributed by atoms with Gasteiger partial charge in [0, 0.05) is 10.6 Å². The number of nitrogens with one attached hydrogen (secondary N) is 1. The van der Waals surface area contributed by atoms with Gasteiger partial charge >= 0.3 is 0 Å². The minimum atomic E-state index is -3.55. The number of hydrogen-bond acceptors (Lipinski definition) is 3. The van der Waals surface area contributed by atoms with Crippen LogP contribution in [0, 0.1) is 0 Å². The highest BCUT2D eigenvalue weighted by Crippen LogP contribution is 2.25. The van der Waals surface area contributed by atoms with E-state index in [-0.39, 0.29) is 18.5 Å². The molecule has 0 bridgehead atoms. The topological polar surface area (TPSA) is 66.5 Å². The molecule has 0 aliphatic carbocycles. The highest BCUT2D eigenvalue weighted by atomic mass is 35.5. The Morgan fingerprint density at radius 1 is 0.968 bits per heavy atom. The zero-order valence-corrected chi connectivity index (χ0v) is 19.0. The maximum Gasteiger partial charge on any atom is 0.251 e. The molecule has 3 aromatic rings. The van der Waals surface area contributed by atoms with Crippen molar-refractivity contribution in [3.05, 3.63) is 101 Å². The lowest BCUT2D eigenvalue weighted by atomic mass is 10.0. The van der Waals surface area contributed by atoms with Crippen molar-refractivity contribution in [3.63, 3.8) is 0 Å². The first-order valence-electron chi connectivity index (χ1n) is 9.96. The van der Waals surface area contributed by atoms with E-state index in [1.807, 2.05) is 43.3 Å². The van der Waals surface area contributed by atoms with Crippen LogP contribution in [0.3, 0.4) is 0 Å². The van der Waals surface area contributed by atoms with E-state index in [1.54, 1.807) is 42.5 Å². The summed E-state index contributed by atoms with van der Waals surface area (Å²) in [6, 6.07) is 23.3. The molecule has 0 spiro atoms. The van der Waals surface area contributed by atoms with E-state index < -0.39 is 10.0 Å². The number of amides is 1. The quantitative estimate of drug-likeness (QED) is 0.507. The second-order valence-electron chi connectivity index (χ2n) is 7.25. The predicted octanol–water partition coefficient (Wildman–Crippen LogP) is 5.19. The Morgan fingerprint density at radius 3 is 2.16 bits per heavy atom. The largest absolute Gasteiger partial charge is 0.345 e. The molecule has 3 rings (SSSR count). The molecule has 1 amide bonds. The van der Waals surface area contributed by atoms with Gasteiger partial charge in [-0.15, -0.1) is 0 Å². The number of benzene rings is 3. The lowest BCUT2D eigenvalue weighted by molar-refractivity contribution is 0.0935. The molecule has 7 heteroatoms. The van der Waals surface area contributed by atoms with Crippen molar-refractivity contribution in [3.8, 4) is 0 Å². The second-order valence-corrected chi connectivity index (χ2v) is 9.57. The van der Waals surface area contributed by atoms with Gasteiger partial charge in [-0.2, -0.15) is 0 Å². The summed E-state index contributed by atoms with van der Waals surface area (Å²) in [5, 5.41) is 3.54. The molecule has 0 saturated carbocycles. The van der Waals surface area contributed by atoms with Crippen molar-refractivity contribution < 1.29 is 13.2 Å². The molecule has 0 radical (unpaired) electrons. The van der Waals surface area contributed by atoms with Crippen LogP contribution < -0.4 is 9.62 Å². The third kappa shape index (κ3) is 5.87. The molecular formula is C24H25ClN2O3S. The smallest absolute Gasteiger partial charge is 0.251 e. The van der Waals surface area contributed by atoms with E-state index in [4.69, 9.17) is 11.6 Å². The average molecular weight is 457 g/mol. The summed E-state index contributed by atoms with van der Waals surface area (Å²) in [5.41, 5.74) is 2.67. The van der Waals surface area contributed by atoms with Gasteiger partial charge < -0.3 is 5.32 Å². The number of sulfonamides is 1. The van der Waals surface area contributed by atoms with Crippen LogP contribution in [-0.4, -0.2) is 20.6 Å². The van der Waals surface area contributed by atoms with Gasteiger partial charge in [-0.3, -0.25) is 9.10 Å². The Labute approximate surface area is 188 Å². The normalized spacial score (nSPS) is 12.2. The van der Waals surface area contributed by atoms with Crippen LogP contribution in [0.25, 0.3) is 0 Å². The van der Waals surface area contributed by atoms with Gasteiger partial charge in [0.15, 0.2) is 0 Å². The number of hydrogen-bond donors (Lipinski definition) is 1. The minimum Gasteiger partial charge on any atom is -0.345 e. The van der Waals surface area contributed by atoms with Crippen LogP contribution in [0.15, 0.2) is 78.9 Å². The Bertz CT molecular complexity index is 1130. The fourth-order valence-electron chi connectivity index (χ4n) is 3.31. The summed E-state index contributed by atoms with van der Waals surface area (Å²) in [6.45, 7) is 2.12. The van der Waals surface area contributed by atoms with Gasteiger partial charge in [-0.1, -0.05) is 67.1 Å². The van der Waals surface area contributed by atoms with Crippen LogP contribution in [0.2, 0.25) is 5.02 Å². The first kappa shape index (κ1) is 22.8. The number of rotatable bonds is 8. The fourth-order valence-corrected chi connectivity index (χ4v) is 4.38. The highest BCUT2D eigenvalue weighted by molar-refractivity contribution is 7.92. The predicted molar refractivity (Wildman–Crippen MR) is 126 cm³/mol. The van der Waals surface area contributed by atoms with Gasteiger partial charge in [0.25, 0.3) is 5.91 Å². The van der Waals surface area contributed by atoms with Crippen LogP contribution in [-0.2, 0) is 16.6 Å². The molecule has 0 heterocycles. The van der Waals surface area contributed by atoms with Gasteiger partial charge in [0.05, 0.1) is 24.5 Å². The van der Waals surface area contributed by atoms with Crippen molar-refractivity contribution in [2.24, 2.45) is 0 Å². The van der Waals surface area contributed by atoms with Crippen LogP contribution in [0.1, 0.15) is 40.9 Å². The number of carbonyl (C=O) groups is 1. The van der Waals surface area contributed by atoms with Crippen LogP contribution in [0.4, 0.5) is 5.69 Å². The molecule has 0 aliphatic rings. The maximum absolute atomic E-state index is 12.7. The molecule has 1 atom stereocenters. The summed E-state index contributed by atoms with van der Waals surface area (Å²) in [7, 11) is -3.55. The summed E-state index contributed by atoms with van der Waals surface area (Å²) in [6.07, 6.45) is 1.91. The first-order chi connectivity index (χ1) is 14.8. The average Bonchev–Trinajstić information content (AvgIpc) is 2.76. The molecule has 31 heavy (non-hydrogen) atoms. The summed E-state index contributed by atoms with van der Waals surface area (Å²) < 4.78 is 26.1. The zero-order valence-electron chi connectivity index (χ0n) is 17.5. The maximum atomic E-state index is 12.7. The van der Waals surface area contributed by atoms with Crippen molar-refractivity contribution >= 4 is 33.2 Å². The fraction of sp³-hybridized carbons (Fsp3) is 0.208. The van der Waals surface area contributed by atoms with Crippen molar-refractivity contribution in [2.75, 3.05) is 10.6 Å². The molecule has 0 fully saturated rings. The third-order valence-electron chi connectivity index (χ3n) is 5.01. The van der Waals surface area contributed by atoms with E-state index in [2.05, 4.69) is 5.32 Å². The van der Waals surface area contributed by atoms with Gasteiger partial charge in [0.1, 0.15) is 0 Å². The molecular weight excluding hydrogens is 432 g/mol. The molecule has 5 nitrogen and oxygen atoms in total. The van der Waals surface area contributed by atoms with Crippen LogP contribution in [0.5, 0.6) is 0 Å². The monoisotopic (exact) mass is 456 g/mol. The van der Waals surface area contributed by atoms with E-state index in [1.165, 1.54) is 4.31 Å². The Hall–Kier alpha value is -2.83. The lowest BCUT2D eigenvalue weighted by Crippen LogP contribution is -2.30. The van der Waals surface area contributed by atoms with Crippen molar-refractivity contribution in [1.82, 2.24) is 5.32 Å². The molecule has 1 N–H and O–H groups in total. The van der Waals surface area contributed by atoms with Crippen molar-refractivity contribution in [1.29, 1.82) is 0 Å². The minimum absolute atomic E-state index is 0.0962. The number of carbonyl (C=O) groups excluding carboxylic acids is 1. The van der Waals surface area contributed by atoms with Crippen molar-refractivity contribution in [2.45, 2.75) is 25.9 Å². The molecule has 0 aliphatic heterocycles. The van der Waals surface area contributed by atoms with Crippen LogP contribution >= 0.6 is 11.6 Å². The first-order valence-corrected chi connectivity index (χ1v) is 12.2. The van der Waals surface area contributed by atoms with Gasteiger partial charge in [0.2, 0.25) is 10.0 Å². The molecule has 0 unspecified atom stereocenters. The lowest BCUT2D eigenvalue weighted by Gasteiger charge is -2.23. The standard InChI is InChI=1S/C24H25ClN2O3S/c1-3-23(18-9-5-4-6-10-18)26-24(28)19-13-15-21(16-14-19)27(31(2,29)30)17-20-11-7-8-12-22(20)25/h4-16,23H,3,17H2,1-2H3,(H,26,28)/t23-/m0/s1. The molecule has 0 saturated heterocycles. The highest BCUT2D eigenvalue weighted by Gasteiger charge is 2.20. The Kier molecular flexibility index (Phi) is 7.36. The summed E-state index contributed by atoms with van der Waals surface area (Å²) >= 11 is 6.21. The number of nitrogens with zero attached hydrogens (tertiary/aromatic N) is 1. The van der Waals surface area contributed by atoms with E-state index in [0.717, 1.165) is 18.2 Å². The Balaban J connectivity index is 1.79. The van der Waals surface area contributed by atoms with E-state index >= 15 is 0 Å². The van der Waals surface area contributed by atoms with Gasteiger partial charge in [-0.05, 0) is 47.9 Å². The molecule has 0 aromatic heterocycles. The zero-order chi connectivity index (χ0) is 22.4. The SMILES string of the molecule is CC[C@H](NC(=O)c1ccc(N(Cc2ccccc2Cl)S(C)(=O)=O)cc1)c1ccccc1. The van der Waals surface area contributed by atoms with E-state index in [9.17, 15) is 13.2 Å². The molecule has 162 valence electrons. The number of anilines is 1. The summed E-state index contributed by atoms with van der Waals surface area (Å²) in [4.78, 5) is 12.7. The van der Waals surface area contributed by atoms with Gasteiger partial charge in [-0.25, -0.2) is 8.42 Å². The van der Waals surface area contributed by atoms with E-state index in [0.29, 0.717) is 21.8 Å². The molecule has 3 aromatic carbocycles. The third-order valence-corrected chi connectivity index (χ3v) is 6.51. The second kappa shape index (κ2) is 9.98. The number of halogens is 1.